The highest BCUT2D eigenvalue weighted by molar-refractivity contribution is 5.36. The Bertz CT molecular complexity index is 599. The Morgan fingerprint density at radius 1 is 1.00 bits per heavy atom. The second-order valence-corrected chi connectivity index (χ2v) is 6.22. The summed E-state index contributed by atoms with van der Waals surface area (Å²) in [5.74, 6) is 0.270. The lowest BCUT2D eigenvalue weighted by atomic mass is 9.68. The van der Waals surface area contributed by atoms with Gasteiger partial charge in [0.1, 0.15) is 0 Å². The lowest BCUT2D eigenvalue weighted by Crippen LogP contribution is -2.27. The molecular weight excluding hydrogens is 278 g/mol. The van der Waals surface area contributed by atoms with Gasteiger partial charge in [-0.1, -0.05) is 74.5 Å². The Hall–Kier alpha value is -2.08. The van der Waals surface area contributed by atoms with Gasteiger partial charge in [0.05, 0.1) is 0 Å². The first-order chi connectivity index (χ1) is 11.2. The zero-order valence-corrected chi connectivity index (χ0v) is 14.2. The fourth-order valence-corrected chi connectivity index (χ4v) is 3.22. The Kier molecular flexibility index (Phi) is 6.40. The van der Waals surface area contributed by atoms with Crippen molar-refractivity contribution in [3.8, 4) is 0 Å². The van der Waals surface area contributed by atoms with Gasteiger partial charge in [-0.3, -0.25) is 0 Å². The van der Waals surface area contributed by atoms with Gasteiger partial charge in [-0.15, -0.1) is 5.73 Å². The van der Waals surface area contributed by atoms with Crippen LogP contribution < -0.4 is 5.73 Å². The van der Waals surface area contributed by atoms with E-state index in [1.54, 1.807) is 0 Å². The van der Waals surface area contributed by atoms with E-state index in [2.05, 4.69) is 92.4 Å². The first-order valence-electron chi connectivity index (χ1n) is 8.43. The standard InChI is InChI=1S/C22H27N/c1-3-4-11-16-22(2,17-18-23)21(19-12-7-5-8-13-19)20-14-9-6-10-15-20/h4-10,12-16,21H,3,17-18,23H2,1-2H3. The molecule has 2 N–H and O–H groups in total. The van der Waals surface area contributed by atoms with Gasteiger partial charge < -0.3 is 5.73 Å². The molecule has 1 nitrogen and oxygen atoms in total. The van der Waals surface area contributed by atoms with Gasteiger partial charge in [-0.25, -0.2) is 0 Å². The van der Waals surface area contributed by atoms with Crippen molar-refractivity contribution in [1.82, 2.24) is 0 Å². The van der Waals surface area contributed by atoms with E-state index in [9.17, 15) is 0 Å². The highest BCUT2D eigenvalue weighted by Crippen LogP contribution is 2.44. The molecule has 1 atom stereocenters. The van der Waals surface area contributed by atoms with Crippen molar-refractivity contribution in [2.75, 3.05) is 6.54 Å². The number of rotatable bonds is 7. The van der Waals surface area contributed by atoms with Crippen molar-refractivity contribution < 1.29 is 0 Å². The summed E-state index contributed by atoms with van der Waals surface area (Å²) in [6.45, 7) is 5.09. The first kappa shape index (κ1) is 17.3. The van der Waals surface area contributed by atoms with E-state index in [1.165, 1.54) is 11.1 Å². The highest BCUT2D eigenvalue weighted by Gasteiger charge is 2.33. The molecular formula is C22H27N. The van der Waals surface area contributed by atoms with Crippen molar-refractivity contribution in [3.05, 3.63) is 89.7 Å². The van der Waals surface area contributed by atoms with Crippen LogP contribution in [0, 0.1) is 5.41 Å². The van der Waals surface area contributed by atoms with E-state index >= 15 is 0 Å². The third-order valence-electron chi connectivity index (χ3n) is 4.34. The van der Waals surface area contributed by atoms with Gasteiger partial charge in [0, 0.05) is 11.3 Å². The van der Waals surface area contributed by atoms with Crippen LogP contribution in [0.1, 0.15) is 43.7 Å². The maximum absolute atomic E-state index is 5.95. The fourth-order valence-electron chi connectivity index (χ4n) is 3.22. The number of nitrogens with two attached hydrogens (primary N) is 1. The molecule has 1 unspecified atom stereocenters. The molecule has 0 heterocycles. The molecule has 2 aromatic rings. The molecule has 2 rings (SSSR count). The number of allylic oxidation sites excluding steroid dienone is 1. The van der Waals surface area contributed by atoms with E-state index in [0.29, 0.717) is 6.54 Å². The maximum atomic E-state index is 5.95. The van der Waals surface area contributed by atoms with Gasteiger partial charge in [0.15, 0.2) is 0 Å². The molecule has 0 aromatic heterocycles. The molecule has 120 valence electrons. The van der Waals surface area contributed by atoms with Crippen LogP contribution in [0.3, 0.4) is 0 Å². The zero-order chi connectivity index (χ0) is 16.5. The van der Waals surface area contributed by atoms with Crippen LogP contribution in [0.15, 0.2) is 78.5 Å². The topological polar surface area (TPSA) is 26.0 Å². The van der Waals surface area contributed by atoms with Crippen LogP contribution >= 0.6 is 0 Å². The predicted octanol–water partition coefficient (Wildman–Crippen LogP) is 5.29. The Balaban J connectivity index is 2.56. The zero-order valence-electron chi connectivity index (χ0n) is 14.2. The first-order valence-corrected chi connectivity index (χ1v) is 8.43. The molecule has 2 aromatic carbocycles. The SMILES string of the molecule is CCC=C=CC(C)(CCN)C(c1ccccc1)c1ccccc1. The second kappa shape index (κ2) is 8.53. The molecule has 0 saturated heterocycles. The van der Waals surface area contributed by atoms with E-state index in [-0.39, 0.29) is 11.3 Å². The monoisotopic (exact) mass is 305 g/mol. The largest absolute Gasteiger partial charge is 0.330 e. The third kappa shape index (κ3) is 4.45. The number of hydrogen-bond acceptors (Lipinski definition) is 1. The minimum atomic E-state index is -0.0663. The van der Waals surface area contributed by atoms with Crippen molar-refractivity contribution in [2.45, 2.75) is 32.6 Å². The average molecular weight is 305 g/mol. The molecule has 1 heteroatoms. The van der Waals surface area contributed by atoms with Crippen LogP contribution in [0.2, 0.25) is 0 Å². The summed E-state index contributed by atoms with van der Waals surface area (Å²) in [7, 11) is 0. The van der Waals surface area contributed by atoms with Crippen LogP contribution in [-0.4, -0.2) is 6.54 Å². The summed E-state index contributed by atoms with van der Waals surface area (Å²) in [6, 6.07) is 21.4. The van der Waals surface area contributed by atoms with E-state index in [4.69, 9.17) is 5.73 Å². The summed E-state index contributed by atoms with van der Waals surface area (Å²) < 4.78 is 0. The number of hydrogen-bond donors (Lipinski definition) is 1. The van der Waals surface area contributed by atoms with Crippen LogP contribution in [0.25, 0.3) is 0 Å². The fraction of sp³-hybridized carbons (Fsp3) is 0.318. The Morgan fingerprint density at radius 3 is 1.96 bits per heavy atom. The van der Waals surface area contributed by atoms with Crippen molar-refractivity contribution in [2.24, 2.45) is 11.1 Å². The summed E-state index contributed by atoms with van der Waals surface area (Å²) in [5, 5.41) is 0. The molecule has 0 bridgehead atoms. The smallest absolute Gasteiger partial charge is 0.0184 e. The minimum absolute atomic E-state index is 0.0663. The molecule has 0 radical (unpaired) electrons. The van der Waals surface area contributed by atoms with Crippen molar-refractivity contribution >= 4 is 0 Å². The molecule has 0 saturated carbocycles. The maximum Gasteiger partial charge on any atom is 0.0184 e. The second-order valence-electron chi connectivity index (χ2n) is 6.22. The summed E-state index contributed by atoms with van der Waals surface area (Å²) >= 11 is 0. The molecule has 0 aliphatic heterocycles. The Labute approximate surface area is 140 Å². The minimum Gasteiger partial charge on any atom is -0.330 e. The van der Waals surface area contributed by atoms with Gasteiger partial charge in [-0.2, -0.15) is 0 Å². The summed E-state index contributed by atoms with van der Waals surface area (Å²) in [4.78, 5) is 0. The summed E-state index contributed by atoms with van der Waals surface area (Å²) in [5.41, 5.74) is 11.9. The normalized spacial score (nSPS) is 13.2. The molecule has 23 heavy (non-hydrogen) atoms. The van der Waals surface area contributed by atoms with Crippen molar-refractivity contribution in [3.63, 3.8) is 0 Å². The van der Waals surface area contributed by atoms with Crippen LogP contribution in [0.5, 0.6) is 0 Å². The molecule has 0 aliphatic rings. The quantitative estimate of drug-likeness (QED) is 0.691. The molecule has 0 amide bonds. The molecule has 0 aliphatic carbocycles. The predicted molar refractivity (Wildman–Crippen MR) is 99.4 cm³/mol. The third-order valence-corrected chi connectivity index (χ3v) is 4.34. The van der Waals surface area contributed by atoms with Crippen LogP contribution in [-0.2, 0) is 0 Å². The van der Waals surface area contributed by atoms with E-state index < -0.39 is 0 Å². The van der Waals surface area contributed by atoms with Gasteiger partial charge in [0.2, 0.25) is 0 Å². The lowest BCUT2D eigenvalue weighted by Gasteiger charge is -2.35. The lowest BCUT2D eigenvalue weighted by molar-refractivity contribution is 0.349. The highest BCUT2D eigenvalue weighted by atomic mass is 14.5. The van der Waals surface area contributed by atoms with Crippen LogP contribution in [0.4, 0.5) is 0 Å². The van der Waals surface area contributed by atoms with Crippen molar-refractivity contribution in [1.29, 1.82) is 0 Å². The summed E-state index contributed by atoms with van der Waals surface area (Å²) in [6.07, 6.45) is 6.22. The van der Waals surface area contributed by atoms with Gasteiger partial charge in [-0.05, 0) is 42.7 Å². The average Bonchev–Trinajstić information content (AvgIpc) is 2.57. The van der Waals surface area contributed by atoms with Gasteiger partial charge >= 0.3 is 0 Å². The molecule has 0 fully saturated rings. The van der Waals surface area contributed by atoms with E-state index in [1.807, 2.05) is 0 Å². The Morgan fingerprint density at radius 2 is 1.52 bits per heavy atom. The van der Waals surface area contributed by atoms with E-state index in [0.717, 1.165) is 12.8 Å². The molecule has 0 spiro atoms. The number of benzene rings is 2. The van der Waals surface area contributed by atoms with Gasteiger partial charge in [0.25, 0.3) is 0 Å².